The van der Waals surface area contributed by atoms with Gasteiger partial charge in [0.2, 0.25) is 0 Å². The molecule has 0 aromatic heterocycles. The molecule has 0 spiro atoms. The first-order valence-corrected chi connectivity index (χ1v) is 4.49. The number of hydrogen-bond donors (Lipinski definition) is 5. The molecule has 1 aliphatic rings. The number of methoxy groups -OCH3 is 1. The van der Waals surface area contributed by atoms with Gasteiger partial charge in [0.1, 0.15) is 23.9 Å². The second-order valence-corrected chi connectivity index (χ2v) is 3.53. The first-order valence-electron chi connectivity index (χ1n) is 4.49. The summed E-state index contributed by atoms with van der Waals surface area (Å²) in [5.74, 6) is 0. The first-order chi connectivity index (χ1) is 7.02. The van der Waals surface area contributed by atoms with Crippen LogP contribution in [0.15, 0.2) is 0 Å². The summed E-state index contributed by atoms with van der Waals surface area (Å²) < 4.78 is 9.75. The lowest BCUT2D eigenvalue weighted by molar-refractivity contribution is -0.339. The van der Waals surface area contributed by atoms with Gasteiger partial charge in [-0.1, -0.05) is 0 Å². The lowest BCUT2D eigenvalue weighted by Gasteiger charge is -2.46. The van der Waals surface area contributed by atoms with Crippen LogP contribution in [-0.2, 0) is 9.47 Å². The molecular formula is C8H16O7. The van der Waals surface area contributed by atoms with Crippen molar-refractivity contribution >= 4 is 0 Å². The van der Waals surface area contributed by atoms with Crippen molar-refractivity contribution in [3.63, 3.8) is 0 Å². The summed E-state index contributed by atoms with van der Waals surface area (Å²) in [5, 5.41) is 46.5. The predicted molar refractivity (Wildman–Crippen MR) is 46.8 cm³/mol. The monoisotopic (exact) mass is 224 g/mol. The first kappa shape index (κ1) is 12.8. The highest BCUT2D eigenvalue weighted by molar-refractivity contribution is 4.99. The Hall–Kier alpha value is -0.280. The highest BCUT2D eigenvalue weighted by Crippen LogP contribution is 2.29. The molecule has 0 saturated carbocycles. The minimum absolute atomic E-state index is 0.700. The predicted octanol–water partition coefficient (Wildman–Crippen LogP) is -3.20. The third-order valence-electron chi connectivity index (χ3n) is 2.61. The average molecular weight is 224 g/mol. The average Bonchev–Trinajstić information content (AvgIpc) is 2.27. The van der Waals surface area contributed by atoms with Gasteiger partial charge in [-0.25, -0.2) is 0 Å². The third-order valence-corrected chi connectivity index (χ3v) is 2.61. The molecule has 0 radical (unpaired) electrons. The summed E-state index contributed by atoms with van der Waals surface area (Å²) >= 11 is 0. The molecule has 0 aliphatic carbocycles. The Bertz CT molecular complexity index is 203. The molecular weight excluding hydrogens is 208 g/mol. The van der Waals surface area contributed by atoms with Gasteiger partial charge in [-0.05, 0) is 0 Å². The lowest BCUT2D eigenvalue weighted by atomic mass is 9.88. The van der Waals surface area contributed by atoms with Crippen LogP contribution in [-0.4, -0.2) is 76.1 Å². The summed E-state index contributed by atoms with van der Waals surface area (Å²) in [6.07, 6.45) is -5.78. The van der Waals surface area contributed by atoms with Crippen LogP contribution in [0.5, 0.6) is 0 Å². The van der Waals surface area contributed by atoms with Gasteiger partial charge >= 0.3 is 0 Å². The van der Waals surface area contributed by atoms with E-state index < -0.39 is 43.4 Å². The van der Waals surface area contributed by atoms with Gasteiger partial charge in [0.25, 0.3) is 0 Å². The van der Waals surface area contributed by atoms with Crippen molar-refractivity contribution in [1.82, 2.24) is 0 Å². The Morgan fingerprint density at radius 2 is 1.67 bits per heavy atom. The van der Waals surface area contributed by atoms with E-state index in [1.165, 1.54) is 7.11 Å². The molecule has 1 rings (SSSR count). The van der Waals surface area contributed by atoms with Gasteiger partial charge in [0.15, 0.2) is 6.29 Å². The zero-order valence-electron chi connectivity index (χ0n) is 8.28. The number of aliphatic hydroxyl groups is 5. The highest BCUT2D eigenvalue weighted by Gasteiger charge is 2.53. The second-order valence-electron chi connectivity index (χ2n) is 3.53. The molecule has 1 saturated heterocycles. The summed E-state index contributed by atoms with van der Waals surface area (Å²) in [4.78, 5) is 0. The maximum atomic E-state index is 9.56. The van der Waals surface area contributed by atoms with Crippen molar-refractivity contribution in [2.45, 2.75) is 30.2 Å². The molecule has 0 aromatic carbocycles. The van der Waals surface area contributed by atoms with Crippen LogP contribution in [0, 0.1) is 0 Å². The van der Waals surface area contributed by atoms with E-state index in [1.54, 1.807) is 0 Å². The smallest absolute Gasteiger partial charge is 0.186 e. The van der Waals surface area contributed by atoms with E-state index in [0.717, 1.165) is 0 Å². The summed E-state index contributed by atoms with van der Waals surface area (Å²) in [7, 11) is 1.23. The van der Waals surface area contributed by atoms with Gasteiger partial charge in [-0.15, -0.1) is 0 Å². The van der Waals surface area contributed by atoms with E-state index in [4.69, 9.17) is 19.7 Å². The normalized spacial score (nSPS) is 40.4. The molecule has 4 atom stereocenters. The standard InChI is InChI=1S/C8H16O7/c1-14-7-5(12)4(11)6(13)8(2-9,3-10)15-7/h4-7,9-13H,2-3H2,1H3/t4-,5-,6-,7?/m1/s1. The minimum Gasteiger partial charge on any atom is -0.393 e. The topological polar surface area (TPSA) is 120 Å². The van der Waals surface area contributed by atoms with E-state index in [1.807, 2.05) is 0 Å². The van der Waals surface area contributed by atoms with Crippen molar-refractivity contribution in [2.24, 2.45) is 0 Å². The fraction of sp³-hybridized carbons (Fsp3) is 1.00. The Morgan fingerprint density at radius 3 is 2.07 bits per heavy atom. The molecule has 0 bridgehead atoms. The van der Waals surface area contributed by atoms with Gasteiger partial charge in [0.05, 0.1) is 13.2 Å². The number of aliphatic hydroxyl groups excluding tert-OH is 5. The van der Waals surface area contributed by atoms with Crippen molar-refractivity contribution in [3.05, 3.63) is 0 Å². The molecule has 1 aliphatic heterocycles. The lowest BCUT2D eigenvalue weighted by Crippen LogP contribution is -2.67. The molecule has 1 heterocycles. The number of ether oxygens (including phenoxy) is 2. The van der Waals surface area contributed by atoms with Crippen LogP contribution in [0.25, 0.3) is 0 Å². The third kappa shape index (κ3) is 2.00. The van der Waals surface area contributed by atoms with Crippen molar-refractivity contribution in [2.75, 3.05) is 20.3 Å². The molecule has 7 nitrogen and oxygen atoms in total. The van der Waals surface area contributed by atoms with Gasteiger partial charge < -0.3 is 35.0 Å². The Balaban J connectivity index is 2.91. The molecule has 1 fully saturated rings. The largest absolute Gasteiger partial charge is 0.393 e. The molecule has 15 heavy (non-hydrogen) atoms. The van der Waals surface area contributed by atoms with Crippen LogP contribution < -0.4 is 0 Å². The maximum Gasteiger partial charge on any atom is 0.186 e. The number of rotatable bonds is 3. The van der Waals surface area contributed by atoms with Gasteiger partial charge in [-0.2, -0.15) is 0 Å². The Labute approximate surface area is 86.5 Å². The maximum absolute atomic E-state index is 9.56. The molecule has 90 valence electrons. The molecule has 5 N–H and O–H groups in total. The van der Waals surface area contributed by atoms with Gasteiger partial charge in [-0.3, -0.25) is 0 Å². The highest BCUT2D eigenvalue weighted by atomic mass is 16.7. The van der Waals surface area contributed by atoms with E-state index in [0.29, 0.717) is 0 Å². The van der Waals surface area contributed by atoms with Gasteiger partial charge in [0, 0.05) is 7.11 Å². The quantitative estimate of drug-likeness (QED) is 0.342. The van der Waals surface area contributed by atoms with Crippen LogP contribution in [0.4, 0.5) is 0 Å². The van der Waals surface area contributed by atoms with Crippen molar-refractivity contribution in [3.8, 4) is 0 Å². The van der Waals surface area contributed by atoms with Crippen molar-refractivity contribution < 1.29 is 35.0 Å². The van der Waals surface area contributed by atoms with E-state index >= 15 is 0 Å². The minimum atomic E-state index is -1.72. The van der Waals surface area contributed by atoms with Crippen LogP contribution in [0.3, 0.4) is 0 Å². The van der Waals surface area contributed by atoms with Crippen LogP contribution >= 0.6 is 0 Å². The van der Waals surface area contributed by atoms with Crippen LogP contribution in [0.2, 0.25) is 0 Å². The summed E-state index contributed by atoms with van der Waals surface area (Å²) in [6, 6.07) is 0. The fourth-order valence-corrected chi connectivity index (χ4v) is 1.53. The zero-order valence-corrected chi connectivity index (χ0v) is 8.28. The SMILES string of the molecule is COC1OC(CO)(CO)[C@H](O)[C@H](O)[C@H]1O. The molecule has 0 aromatic rings. The van der Waals surface area contributed by atoms with Crippen molar-refractivity contribution in [1.29, 1.82) is 0 Å². The fourth-order valence-electron chi connectivity index (χ4n) is 1.53. The van der Waals surface area contributed by atoms with E-state index in [9.17, 15) is 15.3 Å². The summed E-state index contributed by atoms with van der Waals surface area (Å²) in [6.45, 7) is -1.40. The Kier molecular flexibility index (Phi) is 4.01. The number of hydrogen-bond acceptors (Lipinski definition) is 7. The zero-order chi connectivity index (χ0) is 11.6. The summed E-state index contributed by atoms with van der Waals surface area (Å²) in [5.41, 5.74) is -1.72. The molecule has 7 heteroatoms. The van der Waals surface area contributed by atoms with Crippen LogP contribution in [0.1, 0.15) is 0 Å². The molecule has 1 unspecified atom stereocenters. The second kappa shape index (κ2) is 4.71. The van der Waals surface area contributed by atoms with E-state index in [-0.39, 0.29) is 0 Å². The van der Waals surface area contributed by atoms with E-state index in [2.05, 4.69) is 0 Å². The molecule has 0 amide bonds. The Morgan fingerprint density at radius 1 is 1.13 bits per heavy atom.